The molecule has 6 aromatic rings. The molecule has 0 aliphatic carbocycles. The van der Waals surface area contributed by atoms with Crippen molar-refractivity contribution in [2.45, 2.75) is 26.2 Å². The van der Waals surface area contributed by atoms with Crippen LogP contribution in [0.5, 0.6) is 0 Å². The molecule has 1 aromatic heterocycles. The number of hydrogen-bond donors (Lipinski definition) is 0. The summed E-state index contributed by atoms with van der Waals surface area (Å²) < 4.78 is 0. The summed E-state index contributed by atoms with van der Waals surface area (Å²) in [6, 6.07) is 46.4. The summed E-state index contributed by atoms with van der Waals surface area (Å²) in [5.41, 5.74) is 8.73. The van der Waals surface area contributed by atoms with Crippen LogP contribution in [0.1, 0.15) is 26.6 Å². The standard InChI is InChI=1S/C37H31N3/c1-37(2,3)36-39-34(38-35(40-36)33-20-11-10-19-32(33)28-15-8-5-9-16-28)29-23-21-27(22-24-29)31-18-12-17-30(25-31)26-13-6-4-7-14-26/h4-25H,1-3H3. The number of aromatic nitrogens is 3. The number of rotatable bonds is 5. The molecule has 1 heterocycles. The molecular weight excluding hydrogens is 486 g/mol. The first-order valence-corrected chi connectivity index (χ1v) is 13.6. The Hall–Kier alpha value is -4.89. The van der Waals surface area contributed by atoms with Gasteiger partial charge in [-0.15, -0.1) is 0 Å². The van der Waals surface area contributed by atoms with Gasteiger partial charge in [-0.1, -0.05) is 148 Å². The maximum absolute atomic E-state index is 5.01. The predicted molar refractivity (Wildman–Crippen MR) is 166 cm³/mol. The van der Waals surface area contributed by atoms with E-state index in [1.165, 1.54) is 16.7 Å². The van der Waals surface area contributed by atoms with Crippen molar-refractivity contribution in [3.63, 3.8) is 0 Å². The fourth-order valence-electron chi connectivity index (χ4n) is 4.83. The van der Waals surface area contributed by atoms with E-state index in [0.29, 0.717) is 11.6 Å². The lowest BCUT2D eigenvalue weighted by Crippen LogP contribution is -2.18. The van der Waals surface area contributed by atoms with E-state index >= 15 is 0 Å². The summed E-state index contributed by atoms with van der Waals surface area (Å²) in [5, 5.41) is 0. The molecule has 6 rings (SSSR count). The van der Waals surface area contributed by atoms with Crippen LogP contribution in [0.4, 0.5) is 0 Å². The van der Waals surface area contributed by atoms with Crippen LogP contribution in [0, 0.1) is 0 Å². The van der Waals surface area contributed by atoms with Crippen molar-refractivity contribution in [1.29, 1.82) is 0 Å². The third-order valence-corrected chi connectivity index (χ3v) is 7.01. The summed E-state index contributed by atoms with van der Waals surface area (Å²) in [4.78, 5) is 14.9. The Morgan fingerprint density at radius 3 is 1.48 bits per heavy atom. The van der Waals surface area contributed by atoms with Crippen molar-refractivity contribution in [2.75, 3.05) is 0 Å². The van der Waals surface area contributed by atoms with E-state index in [4.69, 9.17) is 15.0 Å². The largest absolute Gasteiger partial charge is 0.212 e. The molecule has 0 atom stereocenters. The van der Waals surface area contributed by atoms with Crippen molar-refractivity contribution in [3.8, 4) is 56.2 Å². The first-order valence-electron chi connectivity index (χ1n) is 13.6. The minimum Gasteiger partial charge on any atom is -0.212 e. The summed E-state index contributed by atoms with van der Waals surface area (Å²) in [6.45, 7) is 6.42. The second kappa shape index (κ2) is 10.7. The van der Waals surface area contributed by atoms with Gasteiger partial charge in [-0.25, -0.2) is 15.0 Å². The molecule has 0 N–H and O–H groups in total. The van der Waals surface area contributed by atoms with Gasteiger partial charge >= 0.3 is 0 Å². The van der Waals surface area contributed by atoms with Crippen molar-refractivity contribution in [1.82, 2.24) is 15.0 Å². The molecule has 0 saturated heterocycles. The second-order valence-corrected chi connectivity index (χ2v) is 11.0. The zero-order chi connectivity index (χ0) is 27.5. The predicted octanol–water partition coefficient (Wildman–Crippen LogP) is 9.50. The fraction of sp³-hybridized carbons (Fsp3) is 0.108. The molecule has 3 nitrogen and oxygen atoms in total. The lowest BCUT2D eigenvalue weighted by atomic mass is 9.95. The third-order valence-electron chi connectivity index (χ3n) is 7.01. The van der Waals surface area contributed by atoms with E-state index in [-0.39, 0.29) is 5.41 Å². The van der Waals surface area contributed by atoms with E-state index < -0.39 is 0 Å². The first kappa shape index (κ1) is 25.4. The molecule has 0 saturated carbocycles. The number of nitrogens with zero attached hydrogens (tertiary/aromatic N) is 3. The van der Waals surface area contributed by atoms with E-state index in [0.717, 1.165) is 33.6 Å². The van der Waals surface area contributed by atoms with Crippen LogP contribution >= 0.6 is 0 Å². The highest BCUT2D eigenvalue weighted by atomic mass is 15.0. The number of benzene rings is 5. The lowest BCUT2D eigenvalue weighted by molar-refractivity contribution is 0.543. The molecule has 0 spiro atoms. The van der Waals surface area contributed by atoms with Gasteiger partial charge in [0.1, 0.15) is 5.82 Å². The molecule has 0 bridgehead atoms. The van der Waals surface area contributed by atoms with E-state index in [1.807, 2.05) is 18.2 Å². The number of hydrogen-bond acceptors (Lipinski definition) is 3. The molecule has 0 radical (unpaired) electrons. The Kier molecular flexibility index (Phi) is 6.79. The van der Waals surface area contributed by atoms with Crippen molar-refractivity contribution in [3.05, 3.63) is 139 Å². The zero-order valence-electron chi connectivity index (χ0n) is 23.0. The average Bonchev–Trinajstić information content (AvgIpc) is 3.01. The smallest absolute Gasteiger partial charge is 0.164 e. The third kappa shape index (κ3) is 5.32. The Morgan fingerprint density at radius 1 is 0.375 bits per heavy atom. The molecule has 0 fully saturated rings. The molecule has 40 heavy (non-hydrogen) atoms. The Bertz CT molecular complexity index is 1750. The van der Waals surface area contributed by atoms with Gasteiger partial charge in [-0.3, -0.25) is 0 Å². The van der Waals surface area contributed by atoms with E-state index in [2.05, 4.69) is 136 Å². The minimum atomic E-state index is -0.230. The van der Waals surface area contributed by atoms with Gasteiger partial charge in [-0.2, -0.15) is 0 Å². The van der Waals surface area contributed by atoms with Crippen LogP contribution in [0.15, 0.2) is 133 Å². The molecule has 194 valence electrons. The molecule has 0 unspecified atom stereocenters. The van der Waals surface area contributed by atoms with Crippen LogP contribution in [0.25, 0.3) is 56.2 Å². The lowest BCUT2D eigenvalue weighted by Gasteiger charge is -2.19. The van der Waals surface area contributed by atoms with Gasteiger partial charge in [0.2, 0.25) is 0 Å². The highest BCUT2D eigenvalue weighted by molar-refractivity contribution is 5.81. The highest BCUT2D eigenvalue weighted by Gasteiger charge is 2.22. The van der Waals surface area contributed by atoms with Crippen LogP contribution < -0.4 is 0 Å². The molecular formula is C37H31N3. The monoisotopic (exact) mass is 517 g/mol. The summed E-state index contributed by atoms with van der Waals surface area (Å²) >= 11 is 0. The van der Waals surface area contributed by atoms with Crippen LogP contribution in [0.3, 0.4) is 0 Å². The van der Waals surface area contributed by atoms with Crippen LogP contribution in [-0.2, 0) is 5.41 Å². The van der Waals surface area contributed by atoms with Crippen LogP contribution in [-0.4, -0.2) is 15.0 Å². The average molecular weight is 518 g/mol. The molecule has 0 aliphatic heterocycles. The normalized spacial score (nSPS) is 11.4. The SMILES string of the molecule is CC(C)(C)c1nc(-c2ccc(-c3cccc(-c4ccccc4)c3)cc2)nc(-c2ccccc2-c2ccccc2)n1. The topological polar surface area (TPSA) is 38.7 Å². The van der Waals surface area contributed by atoms with E-state index in [1.54, 1.807) is 0 Å². The van der Waals surface area contributed by atoms with Gasteiger partial charge in [0, 0.05) is 16.5 Å². The van der Waals surface area contributed by atoms with Crippen LogP contribution in [0.2, 0.25) is 0 Å². The second-order valence-electron chi connectivity index (χ2n) is 11.0. The Morgan fingerprint density at radius 2 is 0.850 bits per heavy atom. The summed E-state index contributed by atoms with van der Waals surface area (Å²) in [6.07, 6.45) is 0. The molecule has 5 aromatic carbocycles. The maximum Gasteiger partial charge on any atom is 0.164 e. The van der Waals surface area contributed by atoms with Gasteiger partial charge in [0.25, 0.3) is 0 Å². The van der Waals surface area contributed by atoms with Gasteiger partial charge < -0.3 is 0 Å². The Balaban J connectivity index is 1.40. The van der Waals surface area contributed by atoms with Crippen molar-refractivity contribution < 1.29 is 0 Å². The zero-order valence-corrected chi connectivity index (χ0v) is 23.0. The molecule has 3 heteroatoms. The summed E-state index contributed by atoms with van der Waals surface area (Å²) in [5.74, 6) is 2.14. The van der Waals surface area contributed by atoms with E-state index in [9.17, 15) is 0 Å². The minimum absolute atomic E-state index is 0.230. The van der Waals surface area contributed by atoms with Crippen molar-refractivity contribution >= 4 is 0 Å². The Labute approximate surface area is 236 Å². The molecule has 0 aliphatic rings. The fourth-order valence-corrected chi connectivity index (χ4v) is 4.83. The quantitative estimate of drug-likeness (QED) is 0.229. The van der Waals surface area contributed by atoms with Crippen molar-refractivity contribution in [2.24, 2.45) is 0 Å². The maximum atomic E-state index is 5.01. The highest BCUT2D eigenvalue weighted by Crippen LogP contribution is 2.33. The van der Waals surface area contributed by atoms with Gasteiger partial charge in [0.05, 0.1) is 0 Å². The summed E-state index contributed by atoms with van der Waals surface area (Å²) in [7, 11) is 0. The van der Waals surface area contributed by atoms with Gasteiger partial charge in [0.15, 0.2) is 11.6 Å². The first-order chi connectivity index (χ1) is 19.5. The molecule has 0 amide bonds. The van der Waals surface area contributed by atoms with Gasteiger partial charge in [-0.05, 0) is 39.4 Å².